The van der Waals surface area contributed by atoms with Crippen LogP contribution in [0.1, 0.15) is 12.0 Å². The average molecular weight is 255 g/mol. The van der Waals surface area contributed by atoms with Crippen molar-refractivity contribution in [3.05, 3.63) is 29.6 Å². The zero-order chi connectivity index (χ0) is 12.1. The molecule has 1 aliphatic rings. The smallest absolute Gasteiger partial charge is 0.135 e. The summed E-state index contributed by atoms with van der Waals surface area (Å²) in [4.78, 5) is 0. The summed E-state index contributed by atoms with van der Waals surface area (Å²) in [6, 6.07) is 4.30. The van der Waals surface area contributed by atoms with Crippen LogP contribution in [0.5, 0.6) is 5.75 Å². The summed E-state index contributed by atoms with van der Waals surface area (Å²) >= 11 is 5.49. The van der Waals surface area contributed by atoms with Gasteiger partial charge in [-0.05, 0) is 18.2 Å². The van der Waals surface area contributed by atoms with E-state index in [1.54, 1.807) is 6.07 Å². The van der Waals surface area contributed by atoms with Crippen LogP contribution >= 0.6 is 11.6 Å². The van der Waals surface area contributed by atoms with Gasteiger partial charge in [-0.2, -0.15) is 0 Å². The highest BCUT2D eigenvalue weighted by Gasteiger charge is 2.18. The molecule has 0 aromatic heterocycles. The van der Waals surface area contributed by atoms with Crippen molar-refractivity contribution < 1.29 is 13.9 Å². The van der Waals surface area contributed by atoms with E-state index in [4.69, 9.17) is 21.1 Å². The Labute approximate surface area is 105 Å². The maximum atomic E-state index is 13.1. The summed E-state index contributed by atoms with van der Waals surface area (Å²) in [5, 5.41) is 0. The fourth-order valence-corrected chi connectivity index (χ4v) is 1.68. The Bertz CT molecular complexity index is 444. The number of halogens is 2. The number of rotatable bonds is 2. The molecule has 1 aromatic rings. The molecular weight excluding hydrogens is 243 g/mol. The highest BCUT2D eigenvalue weighted by atomic mass is 35.5. The molecule has 4 heteroatoms. The normalized spacial score (nSPS) is 18.6. The number of alkyl halides is 1. The zero-order valence-electron chi connectivity index (χ0n) is 9.21. The third kappa shape index (κ3) is 3.36. The molecule has 1 fully saturated rings. The van der Waals surface area contributed by atoms with Crippen molar-refractivity contribution in [2.45, 2.75) is 12.5 Å². The highest BCUT2D eigenvalue weighted by Crippen LogP contribution is 2.22. The van der Waals surface area contributed by atoms with Crippen molar-refractivity contribution in [2.24, 2.45) is 0 Å². The van der Waals surface area contributed by atoms with Gasteiger partial charge in [0.05, 0.1) is 24.7 Å². The molecule has 1 aromatic carbocycles. The van der Waals surface area contributed by atoms with Crippen molar-refractivity contribution >= 4 is 11.6 Å². The van der Waals surface area contributed by atoms with Gasteiger partial charge in [-0.3, -0.25) is 0 Å². The molecular formula is C13H12ClFO2. The summed E-state index contributed by atoms with van der Waals surface area (Å²) < 4.78 is 24.0. The first kappa shape index (κ1) is 12.2. The minimum Gasteiger partial charge on any atom is -0.487 e. The third-order valence-electron chi connectivity index (χ3n) is 2.41. The molecule has 2 nitrogen and oxygen atoms in total. The Balaban J connectivity index is 2.19. The lowest BCUT2D eigenvalue weighted by Gasteiger charge is -2.13. The Kier molecular flexibility index (Phi) is 4.24. The lowest BCUT2D eigenvalue weighted by Crippen LogP contribution is -2.16. The molecule has 1 unspecified atom stereocenters. The summed E-state index contributed by atoms with van der Waals surface area (Å²) in [6.45, 7) is 1.27. The second-order valence-corrected chi connectivity index (χ2v) is 3.95. The molecule has 1 atom stereocenters. The second kappa shape index (κ2) is 5.90. The van der Waals surface area contributed by atoms with Gasteiger partial charge < -0.3 is 9.47 Å². The van der Waals surface area contributed by atoms with Crippen molar-refractivity contribution in [2.75, 3.05) is 19.1 Å². The van der Waals surface area contributed by atoms with Gasteiger partial charge in [0.2, 0.25) is 0 Å². The monoisotopic (exact) mass is 254 g/mol. The number of hydrogen-bond acceptors (Lipinski definition) is 2. The highest BCUT2D eigenvalue weighted by molar-refractivity contribution is 6.19. The van der Waals surface area contributed by atoms with Gasteiger partial charge in [-0.15, -0.1) is 11.6 Å². The topological polar surface area (TPSA) is 18.5 Å². The zero-order valence-corrected chi connectivity index (χ0v) is 9.97. The number of hydrogen-bond donors (Lipinski definition) is 0. The van der Waals surface area contributed by atoms with Gasteiger partial charge in [-0.1, -0.05) is 11.8 Å². The van der Waals surface area contributed by atoms with E-state index in [-0.39, 0.29) is 17.8 Å². The maximum Gasteiger partial charge on any atom is 0.135 e. The number of ether oxygens (including phenoxy) is 2. The van der Waals surface area contributed by atoms with E-state index >= 15 is 0 Å². The van der Waals surface area contributed by atoms with Gasteiger partial charge in [0.1, 0.15) is 17.7 Å². The molecule has 1 heterocycles. The SMILES string of the molecule is Fc1ccc(OC2CCOC2)c(C#CCCl)c1. The molecule has 0 bridgehead atoms. The Morgan fingerprint density at radius 3 is 3.12 bits per heavy atom. The van der Waals surface area contributed by atoms with Gasteiger partial charge in [0.25, 0.3) is 0 Å². The van der Waals surface area contributed by atoms with Crippen LogP contribution in [0.2, 0.25) is 0 Å². The van der Waals surface area contributed by atoms with Crippen LogP contribution in [-0.2, 0) is 4.74 Å². The van der Waals surface area contributed by atoms with E-state index in [1.165, 1.54) is 12.1 Å². The van der Waals surface area contributed by atoms with Crippen molar-refractivity contribution in [3.8, 4) is 17.6 Å². The van der Waals surface area contributed by atoms with Crippen LogP contribution in [0.25, 0.3) is 0 Å². The van der Waals surface area contributed by atoms with Crippen LogP contribution in [0, 0.1) is 17.7 Å². The van der Waals surface area contributed by atoms with Crippen LogP contribution in [0.15, 0.2) is 18.2 Å². The lowest BCUT2D eigenvalue weighted by atomic mass is 10.2. The summed E-state index contributed by atoms with van der Waals surface area (Å²) in [7, 11) is 0. The van der Waals surface area contributed by atoms with Gasteiger partial charge in [0, 0.05) is 6.42 Å². The minimum absolute atomic E-state index is 0.0250. The van der Waals surface area contributed by atoms with Crippen molar-refractivity contribution in [3.63, 3.8) is 0 Å². The fraction of sp³-hybridized carbons (Fsp3) is 0.385. The van der Waals surface area contributed by atoms with Crippen LogP contribution in [-0.4, -0.2) is 25.2 Å². The van der Waals surface area contributed by atoms with E-state index in [2.05, 4.69) is 11.8 Å². The molecule has 0 amide bonds. The molecule has 0 saturated carbocycles. The summed E-state index contributed by atoms with van der Waals surface area (Å²) in [6.07, 6.45) is 0.872. The van der Waals surface area contributed by atoms with E-state index in [0.717, 1.165) is 6.42 Å². The first-order valence-corrected chi connectivity index (χ1v) is 5.92. The van der Waals surface area contributed by atoms with Crippen LogP contribution < -0.4 is 4.74 Å². The second-order valence-electron chi connectivity index (χ2n) is 3.68. The first-order valence-electron chi connectivity index (χ1n) is 5.38. The van der Waals surface area contributed by atoms with E-state index in [1.807, 2.05) is 0 Å². The molecule has 17 heavy (non-hydrogen) atoms. The van der Waals surface area contributed by atoms with Crippen molar-refractivity contribution in [1.29, 1.82) is 0 Å². The maximum absolute atomic E-state index is 13.1. The molecule has 2 rings (SSSR count). The van der Waals surface area contributed by atoms with Crippen LogP contribution in [0.4, 0.5) is 4.39 Å². The third-order valence-corrected chi connectivity index (χ3v) is 2.55. The molecule has 1 saturated heterocycles. The minimum atomic E-state index is -0.334. The predicted molar refractivity (Wildman–Crippen MR) is 63.9 cm³/mol. The Hall–Kier alpha value is -1.24. The van der Waals surface area contributed by atoms with E-state index < -0.39 is 0 Å². The summed E-state index contributed by atoms with van der Waals surface area (Å²) in [5.41, 5.74) is 0.526. The fourth-order valence-electron chi connectivity index (χ4n) is 1.62. The quantitative estimate of drug-likeness (QED) is 0.597. The lowest BCUT2D eigenvalue weighted by molar-refractivity contribution is 0.141. The van der Waals surface area contributed by atoms with Crippen LogP contribution in [0.3, 0.4) is 0 Å². The Morgan fingerprint density at radius 2 is 2.41 bits per heavy atom. The van der Waals surface area contributed by atoms with E-state index in [0.29, 0.717) is 24.5 Å². The molecule has 90 valence electrons. The molecule has 0 aliphatic carbocycles. The van der Waals surface area contributed by atoms with Gasteiger partial charge >= 0.3 is 0 Å². The molecule has 1 aliphatic heterocycles. The van der Waals surface area contributed by atoms with Crippen molar-refractivity contribution in [1.82, 2.24) is 0 Å². The molecule has 0 N–H and O–H groups in total. The van der Waals surface area contributed by atoms with Gasteiger partial charge in [0.15, 0.2) is 0 Å². The van der Waals surface area contributed by atoms with E-state index in [9.17, 15) is 4.39 Å². The summed E-state index contributed by atoms with van der Waals surface area (Å²) in [5.74, 6) is 5.94. The Morgan fingerprint density at radius 1 is 1.53 bits per heavy atom. The molecule has 0 radical (unpaired) electrons. The number of benzene rings is 1. The standard InChI is InChI=1S/C13H12ClFO2/c14-6-1-2-10-8-11(15)3-4-13(10)17-12-5-7-16-9-12/h3-4,8,12H,5-7,9H2. The molecule has 0 spiro atoms. The predicted octanol–water partition coefficient (Wildman–Crippen LogP) is 2.58. The average Bonchev–Trinajstić information content (AvgIpc) is 2.82. The largest absolute Gasteiger partial charge is 0.487 e. The first-order chi connectivity index (χ1) is 8.29. The van der Waals surface area contributed by atoms with Gasteiger partial charge in [-0.25, -0.2) is 4.39 Å².